The third-order valence-electron chi connectivity index (χ3n) is 5.09. The van der Waals surface area contributed by atoms with Gasteiger partial charge in [-0.3, -0.25) is 15.3 Å². The molecule has 0 radical (unpaired) electrons. The largest absolute Gasteiger partial charge is 0.467 e. The van der Waals surface area contributed by atoms with E-state index in [-0.39, 0.29) is 36.8 Å². The maximum Gasteiger partial charge on any atom is 0.410 e. The molecule has 2 aliphatic rings. The molecule has 0 spiro atoms. The highest BCUT2D eigenvalue weighted by atomic mass is 16.6. The highest BCUT2D eigenvalue weighted by Gasteiger charge is 2.48. The van der Waals surface area contributed by atoms with E-state index < -0.39 is 46.6 Å². The van der Waals surface area contributed by atoms with E-state index in [1.807, 2.05) is 0 Å². The molecule has 2 aliphatic heterocycles. The minimum Gasteiger partial charge on any atom is -0.467 e. The summed E-state index contributed by atoms with van der Waals surface area (Å²) in [5, 5.41) is 2.45. The van der Waals surface area contributed by atoms with Gasteiger partial charge in [-0.15, -0.1) is 0 Å². The van der Waals surface area contributed by atoms with E-state index in [4.69, 9.17) is 22.9 Å². The summed E-state index contributed by atoms with van der Waals surface area (Å²) in [6, 6.07) is 0. The monoisotopic (exact) mass is 574 g/mol. The molecule has 2 saturated heterocycles. The number of methoxy groups -OCH3 is 1. The van der Waals surface area contributed by atoms with Crippen LogP contribution in [0.3, 0.4) is 0 Å². The zero-order valence-corrected chi connectivity index (χ0v) is 22.5. The van der Waals surface area contributed by atoms with Gasteiger partial charge in [-0.05, 0) is 41.5 Å². The highest BCUT2D eigenvalue weighted by Crippen LogP contribution is 2.25. The number of carbonyl (C=O) groups is 5. The standard InChI is InChI=1S/C12H20N2O5.C11H20N2O4.3CH4.2H2/c1-11(2,3)19-10(17)14-6-5-12(7-14,13-8-15)9(16)18-4;1-8(14)16-11(12)5-6-13(7-11)9(15)17-10(2,3)4;;;;;/h8H,5-7H2,1-4H3,(H,13,15);5-7,12H2,1-4H3;3*1H4;2*1H/i;;;;;1+2T;1+2. The van der Waals surface area contributed by atoms with Gasteiger partial charge in [0, 0.05) is 37.3 Å². The lowest BCUT2D eigenvalue weighted by Gasteiger charge is -2.27. The number of amides is 3. The Morgan fingerprint density at radius 1 is 0.897 bits per heavy atom. The van der Waals surface area contributed by atoms with Gasteiger partial charge >= 0.3 is 24.1 Å². The van der Waals surface area contributed by atoms with Gasteiger partial charge in [0.2, 0.25) is 6.41 Å². The molecule has 13 heteroatoms. The number of nitrogens with zero attached hydrogens (tertiary/aromatic N) is 2. The summed E-state index contributed by atoms with van der Waals surface area (Å²) in [5.74, 6) is -1.01. The van der Waals surface area contributed by atoms with E-state index in [9.17, 15) is 24.0 Å². The Balaban J connectivity index is -0.000000189. The molecule has 0 aromatic carbocycles. The number of likely N-dealkylation sites (tertiary alicyclic amines) is 2. The van der Waals surface area contributed by atoms with Crippen LogP contribution < -0.4 is 11.1 Å². The molecule has 39 heavy (non-hydrogen) atoms. The van der Waals surface area contributed by atoms with Gasteiger partial charge in [0.15, 0.2) is 11.3 Å². The summed E-state index contributed by atoms with van der Waals surface area (Å²) in [6.45, 7) is 12.9. The summed E-state index contributed by atoms with van der Waals surface area (Å²) in [6.07, 6.45) is 0.224. The molecule has 0 aliphatic carbocycles. The Morgan fingerprint density at radius 3 is 1.72 bits per heavy atom. The highest BCUT2D eigenvalue weighted by molar-refractivity contribution is 5.85. The summed E-state index contributed by atoms with van der Waals surface area (Å²) in [7, 11) is 1.24. The molecule has 3 N–H and O–H groups in total. The van der Waals surface area contributed by atoms with Crippen molar-refractivity contribution in [3.63, 3.8) is 0 Å². The van der Waals surface area contributed by atoms with Crippen LogP contribution >= 0.6 is 0 Å². The maximum atomic E-state index is 11.9. The first-order chi connectivity index (χ1) is 17.4. The van der Waals surface area contributed by atoms with E-state index in [0.717, 1.165) is 0 Å². The Hall–Kier alpha value is -3.09. The fourth-order valence-electron chi connectivity index (χ4n) is 3.60. The zero-order chi connectivity index (χ0) is 29.9. The topological polar surface area (TPSA) is 167 Å². The lowest BCUT2D eigenvalue weighted by molar-refractivity contribution is -0.155. The molecule has 2 rings (SSSR count). The average Bonchev–Trinajstić information content (AvgIpc) is 3.37. The van der Waals surface area contributed by atoms with Crippen LogP contribution in [0.25, 0.3) is 0 Å². The van der Waals surface area contributed by atoms with Crippen molar-refractivity contribution in [1.82, 2.24) is 15.1 Å². The second kappa shape index (κ2) is 15.5. The van der Waals surface area contributed by atoms with Gasteiger partial charge in [-0.1, -0.05) is 22.3 Å². The van der Waals surface area contributed by atoms with Crippen molar-refractivity contribution in [2.75, 3.05) is 33.3 Å². The smallest absolute Gasteiger partial charge is 0.410 e. The van der Waals surface area contributed by atoms with Crippen molar-refractivity contribution in [2.24, 2.45) is 5.73 Å². The Kier molecular flexibility index (Phi) is 15.1. The molecule has 2 fully saturated rings. The van der Waals surface area contributed by atoms with Gasteiger partial charge in [0.05, 0.1) is 20.2 Å². The van der Waals surface area contributed by atoms with Crippen molar-refractivity contribution >= 4 is 30.5 Å². The molecule has 234 valence electrons. The second-order valence-electron chi connectivity index (χ2n) is 10.8. The quantitative estimate of drug-likeness (QED) is 0.219. The number of carbonyl (C=O) groups excluding carboxylic acids is 5. The summed E-state index contributed by atoms with van der Waals surface area (Å²) in [4.78, 5) is 59.8. The third kappa shape index (κ3) is 13.0. The van der Waals surface area contributed by atoms with Crippen LogP contribution in [0.4, 0.5) is 9.59 Å². The fourth-order valence-corrected chi connectivity index (χ4v) is 3.60. The lowest BCUT2D eigenvalue weighted by Crippen LogP contribution is -2.54. The third-order valence-corrected chi connectivity index (χ3v) is 5.09. The first-order valence-corrected chi connectivity index (χ1v) is 11.6. The van der Waals surface area contributed by atoms with Gasteiger partial charge in [0.25, 0.3) is 0 Å². The van der Waals surface area contributed by atoms with Crippen molar-refractivity contribution in [3.05, 3.63) is 0 Å². The average molecular weight is 575 g/mol. The van der Waals surface area contributed by atoms with Crippen molar-refractivity contribution < 1.29 is 47.3 Å². The van der Waals surface area contributed by atoms with Crippen LogP contribution in [0.1, 0.15) is 88.0 Å². The van der Waals surface area contributed by atoms with E-state index in [1.54, 1.807) is 41.5 Å². The van der Waals surface area contributed by atoms with Crippen molar-refractivity contribution in [3.8, 4) is 0 Å². The number of rotatable bonds is 4. The van der Waals surface area contributed by atoms with E-state index in [1.165, 1.54) is 23.8 Å². The number of ether oxygens (including phenoxy) is 4. The molecule has 2 heterocycles. The zero-order valence-electron chi connectivity index (χ0n) is 24.5. The number of nitrogens with one attached hydrogen (secondary N) is 1. The number of hydrogen-bond acceptors (Lipinski definition) is 10. The van der Waals surface area contributed by atoms with Gasteiger partial charge in [0.1, 0.15) is 11.2 Å². The van der Waals surface area contributed by atoms with Crippen molar-refractivity contribution in [2.45, 2.75) is 106 Å². The first-order valence-electron chi connectivity index (χ1n) is 12.6. The Labute approximate surface area is 238 Å². The molecule has 0 bridgehead atoms. The van der Waals surface area contributed by atoms with Crippen LogP contribution in [0, 0.1) is 0 Å². The molecule has 0 aromatic heterocycles. The minimum absolute atomic E-state index is 0. The van der Waals surface area contributed by atoms with Crippen LogP contribution in [0.15, 0.2) is 0 Å². The van der Waals surface area contributed by atoms with Crippen LogP contribution in [-0.4, -0.2) is 96.1 Å². The molecule has 3 amide bonds. The Morgan fingerprint density at radius 2 is 1.33 bits per heavy atom. The Bertz CT molecular complexity index is 854. The molecule has 2 unspecified atom stereocenters. The van der Waals surface area contributed by atoms with Gasteiger partial charge < -0.3 is 34.1 Å². The van der Waals surface area contributed by atoms with Crippen molar-refractivity contribution in [1.29, 1.82) is 0 Å². The molecular weight excluding hydrogens is 512 g/mol. The molecule has 2 atom stereocenters. The van der Waals surface area contributed by atoms with Crippen LogP contribution in [0.2, 0.25) is 0 Å². The van der Waals surface area contributed by atoms with Gasteiger partial charge in [-0.2, -0.15) is 0 Å². The van der Waals surface area contributed by atoms with Crippen LogP contribution in [-0.2, 0) is 33.3 Å². The fraction of sp³-hybridized carbons (Fsp3) is 0.808. The maximum absolute atomic E-state index is 11.9. The normalized spacial score (nSPS) is 22.1. The van der Waals surface area contributed by atoms with E-state index >= 15 is 0 Å². The number of esters is 2. The number of hydrogen-bond donors (Lipinski definition) is 2. The molecule has 0 saturated carbocycles. The predicted octanol–water partition coefficient (Wildman–Crippen LogP) is 3.53. The lowest BCUT2D eigenvalue weighted by atomic mass is 9.99. The minimum atomic E-state index is -1.17. The number of nitrogens with two attached hydrogens (primary N) is 1. The molecular formula is C26H56N4O9. The first kappa shape index (κ1) is 38.1. The molecule has 13 nitrogen and oxygen atoms in total. The van der Waals surface area contributed by atoms with Gasteiger partial charge in [-0.25, -0.2) is 14.4 Å². The summed E-state index contributed by atoms with van der Waals surface area (Å²) >= 11 is 0. The second-order valence-corrected chi connectivity index (χ2v) is 10.8. The SMILES string of the molecule is C.C.C.CC(=O)OC1(N)CCN(C(=O)OC(C)(C)C)C1.COC(=O)C1(NC=O)CCN(C(=O)OC(C)(C)C)C1.[3HH].[3H][3H]. The van der Waals surface area contributed by atoms with E-state index in [0.29, 0.717) is 32.3 Å². The van der Waals surface area contributed by atoms with Crippen LogP contribution in [0.5, 0.6) is 0 Å². The summed E-state index contributed by atoms with van der Waals surface area (Å²) in [5.41, 5.74) is 2.46. The van der Waals surface area contributed by atoms with E-state index in [2.05, 4.69) is 10.1 Å². The summed E-state index contributed by atoms with van der Waals surface area (Å²) < 4.78 is 30.1. The molecule has 0 aromatic rings. The predicted molar refractivity (Wildman–Crippen MR) is 152 cm³/mol.